The molecule has 0 saturated carbocycles. The maximum absolute atomic E-state index is 10.7. The highest BCUT2D eigenvalue weighted by Crippen LogP contribution is 2.10. The van der Waals surface area contributed by atoms with Crippen LogP contribution in [0.4, 0.5) is 5.69 Å². The number of aliphatic carboxylic acids is 1. The first-order valence-electron chi connectivity index (χ1n) is 5.31. The maximum Gasteiger partial charge on any atom is 0.320 e. The molecule has 0 bridgehead atoms. The summed E-state index contributed by atoms with van der Waals surface area (Å²) in [6, 6.07) is -0.625. The number of nitrogens with one attached hydrogen (secondary N) is 1. The van der Waals surface area contributed by atoms with Gasteiger partial charge in [-0.05, 0) is 6.92 Å². The third-order valence-corrected chi connectivity index (χ3v) is 2.43. The zero-order valence-electron chi connectivity index (χ0n) is 10.0. The molecular weight excluding hydrogens is 224 g/mol. The van der Waals surface area contributed by atoms with Crippen molar-refractivity contribution in [1.29, 1.82) is 0 Å². The van der Waals surface area contributed by atoms with E-state index in [1.807, 2.05) is 0 Å². The third kappa shape index (κ3) is 3.72. The van der Waals surface area contributed by atoms with Crippen LogP contribution in [-0.4, -0.2) is 40.6 Å². The monoisotopic (exact) mass is 242 g/mol. The fraction of sp³-hybridized carbons (Fsp3) is 0.600. The lowest BCUT2D eigenvalue weighted by Crippen LogP contribution is -2.34. The molecule has 0 aliphatic heterocycles. The van der Waals surface area contributed by atoms with Crippen molar-refractivity contribution in [3.8, 4) is 0 Å². The molecule has 7 heteroatoms. The minimum absolute atomic E-state index is 0.364. The highest BCUT2D eigenvalue weighted by molar-refractivity contribution is 5.72. The maximum atomic E-state index is 10.7. The van der Waals surface area contributed by atoms with Crippen molar-refractivity contribution < 1.29 is 14.6 Å². The van der Waals surface area contributed by atoms with Crippen molar-refractivity contribution in [3.05, 3.63) is 11.9 Å². The molecule has 4 N–H and O–H groups in total. The predicted octanol–water partition coefficient (Wildman–Crippen LogP) is -0.326. The Bertz CT molecular complexity index is 378. The van der Waals surface area contributed by atoms with E-state index < -0.39 is 12.0 Å². The second-order valence-corrected chi connectivity index (χ2v) is 3.70. The van der Waals surface area contributed by atoms with Crippen molar-refractivity contribution in [1.82, 2.24) is 15.1 Å². The molecule has 0 aliphatic carbocycles. The molecule has 7 nitrogen and oxygen atoms in total. The van der Waals surface area contributed by atoms with Crippen LogP contribution in [-0.2, 0) is 22.6 Å². The van der Waals surface area contributed by atoms with Crippen LogP contribution in [0, 0.1) is 0 Å². The molecule has 0 amide bonds. The van der Waals surface area contributed by atoms with Crippen LogP contribution < -0.4 is 11.1 Å². The largest absolute Gasteiger partial charge is 0.480 e. The third-order valence-electron chi connectivity index (χ3n) is 2.43. The van der Waals surface area contributed by atoms with Crippen LogP contribution in [0.15, 0.2) is 6.20 Å². The fourth-order valence-electron chi connectivity index (χ4n) is 1.33. The highest BCUT2D eigenvalue weighted by atomic mass is 16.5. The first kappa shape index (κ1) is 13.5. The van der Waals surface area contributed by atoms with E-state index in [0.29, 0.717) is 25.4 Å². The minimum atomic E-state index is -0.897. The second kappa shape index (κ2) is 6.21. The Morgan fingerprint density at radius 1 is 1.76 bits per heavy atom. The molecule has 0 fully saturated rings. The number of nitrogen functional groups attached to an aromatic ring is 1. The van der Waals surface area contributed by atoms with Gasteiger partial charge in [-0.15, -0.1) is 0 Å². The lowest BCUT2D eigenvalue weighted by molar-refractivity contribution is -0.139. The van der Waals surface area contributed by atoms with Gasteiger partial charge in [0.2, 0.25) is 0 Å². The molecule has 96 valence electrons. The van der Waals surface area contributed by atoms with Crippen molar-refractivity contribution in [3.63, 3.8) is 0 Å². The number of anilines is 1. The molecule has 1 heterocycles. The van der Waals surface area contributed by atoms with Crippen molar-refractivity contribution in [2.45, 2.75) is 26.1 Å². The first-order chi connectivity index (χ1) is 8.06. The zero-order chi connectivity index (χ0) is 12.8. The summed E-state index contributed by atoms with van der Waals surface area (Å²) in [6.45, 7) is 3.06. The average molecular weight is 242 g/mol. The van der Waals surface area contributed by atoms with Gasteiger partial charge in [-0.3, -0.25) is 14.8 Å². The highest BCUT2D eigenvalue weighted by Gasteiger charge is 2.13. The lowest BCUT2D eigenvalue weighted by atomic mass is 10.3. The number of hydrogen-bond donors (Lipinski definition) is 3. The molecule has 0 radical (unpaired) electrons. The van der Waals surface area contributed by atoms with Gasteiger partial charge in [-0.1, -0.05) is 0 Å². The van der Waals surface area contributed by atoms with E-state index in [-0.39, 0.29) is 0 Å². The van der Waals surface area contributed by atoms with E-state index in [4.69, 9.17) is 15.6 Å². The number of nitrogens with zero attached hydrogens (tertiary/aromatic N) is 2. The summed E-state index contributed by atoms with van der Waals surface area (Å²) in [5, 5.41) is 15.7. The Balaban J connectivity index is 2.62. The summed E-state index contributed by atoms with van der Waals surface area (Å²) in [5.74, 6) is -0.897. The van der Waals surface area contributed by atoms with Crippen molar-refractivity contribution in [2.75, 3.05) is 19.5 Å². The molecular formula is C10H18N4O3. The van der Waals surface area contributed by atoms with E-state index >= 15 is 0 Å². The number of carboxylic acid groups (broad SMARTS) is 1. The lowest BCUT2D eigenvalue weighted by Gasteiger charge is -2.11. The van der Waals surface area contributed by atoms with Gasteiger partial charge < -0.3 is 15.6 Å². The standard InChI is InChI=1S/C10H18N4O3/c1-7(10(15)16)12-6-9-8(11)5-13-14(9)3-4-17-2/h5,7,12H,3-4,6,11H2,1-2H3,(H,15,16). The number of aromatic nitrogens is 2. The zero-order valence-corrected chi connectivity index (χ0v) is 10.0. The topological polar surface area (TPSA) is 102 Å². The van der Waals surface area contributed by atoms with E-state index in [2.05, 4.69) is 10.4 Å². The molecule has 1 atom stereocenters. The van der Waals surface area contributed by atoms with Crippen LogP contribution in [0.25, 0.3) is 0 Å². The summed E-state index contributed by atoms with van der Waals surface area (Å²) in [4.78, 5) is 10.7. The number of carbonyl (C=O) groups is 1. The summed E-state index contributed by atoms with van der Waals surface area (Å²) in [7, 11) is 1.61. The normalized spacial score (nSPS) is 12.6. The molecule has 0 aromatic carbocycles. The summed E-state index contributed by atoms with van der Waals surface area (Å²) in [5.41, 5.74) is 7.08. The fourth-order valence-corrected chi connectivity index (χ4v) is 1.33. The second-order valence-electron chi connectivity index (χ2n) is 3.70. The Kier molecular flexibility index (Phi) is 4.92. The van der Waals surface area contributed by atoms with Crippen LogP contribution in [0.2, 0.25) is 0 Å². The van der Waals surface area contributed by atoms with Crippen molar-refractivity contribution in [2.24, 2.45) is 0 Å². The first-order valence-corrected chi connectivity index (χ1v) is 5.31. The van der Waals surface area contributed by atoms with Gasteiger partial charge in [0.15, 0.2) is 0 Å². The van der Waals surface area contributed by atoms with Gasteiger partial charge in [0.05, 0.1) is 30.7 Å². The van der Waals surface area contributed by atoms with Gasteiger partial charge in [0.25, 0.3) is 0 Å². The molecule has 1 aromatic heterocycles. The molecule has 0 aliphatic rings. The molecule has 0 saturated heterocycles. The average Bonchev–Trinajstić information content (AvgIpc) is 2.64. The summed E-state index contributed by atoms with van der Waals surface area (Å²) in [6.07, 6.45) is 1.55. The number of carboxylic acids is 1. The van der Waals surface area contributed by atoms with E-state index in [1.54, 1.807) is 24.9 Å². The van der Waals surface area contributed by atoms with Gasteiger partial charge in [0, 0.05) is 13.7 Å². The smallest absolute Gasteiger partial charge is 0.320 e. The van der Waals surface area contributed by atoms with E-state index in [9.17, 15) is 4.79 Å². The number of nitrogens with two attached hydrogens (primary N) is 1. The van der Waals surface area contributed by atoms with E-state index in [0.717, 1.165) is 5.69 Å². The Morgan fingerprint density at radius 2 is 2.47 bits per heavy atom. The number of rotatable bonds is 7. The predicted molar refractivity (Wildman–Crippen MR) is 62.5 cm³/mol. The van der Waals surface area contributed by atoms with Gasteiger partial charge in [0.1, 0.15) is 6.04 Å². The summed E-state index contributed by atoms with van der Waals surface area (Å²) < 4.78 is 6.67. The SMILES string of the molecule is COCCn1ncc(N)c1CNC(C)C(=O)O. The quantitative estimate of drug-likeness (QED) is 0.605. The van der Waals surface area contributed by atoms with Gasteiger partial charge in [-0.2, -0.15) is 5.10 Å². The summed E-state index contributed by atoms with van der Waals surface area (Å²) >= 11 is 0. The Morgan fingerprint density at radius 3 is 3.06 bits per heavy atom. The minimum Gasteiger partial charge on any atom is -0.480 e. The van der Waals surface area contributed by atoms with Crippen LogP contribution in [0.3, 0.4) is 0 Å². The Labute approximate surface area is 99.6 Å². The van der Waals surface area contributed by atoms with Crippen LogP contribution >= 0.6 is 0 Å². The molecule has 1 unspecified atom stereocenters. The Hall–Kier alpha value is -1.60. The van der Waals surface area contributed by atoms with Gasteiger partial charge in [-0.25, -0.2) is 0 Å². The molecule has 1 rings (SSSR count). The molecule has 1 aromatic rings. The van der Waals surface area contributed by atoms with Crippen LogP contribution in [0.1, 0.15) is 12.6 Å². The number of ether oxygens (including phenoxy) is 1. The molecule has 17 heavy (non-hydrogen) atoms. The van der Waals surface area contributed by atoms with Crippen LogP contribution in [0.5, 0.6) is 0 Å². The van der Waals surface area contributed by atoms with E-state index in [1.165, 1.54) is 0 Å². The van der Waals surface area contributed by atoms with Crippen molar-refractivity contribution >= 4 is 11.7 Å². The van der Waals surface area contributed by atoms with Gasteiger partial charge >= 0.3 is 5.97 Å². The number of methoxy groups -OCH3 is 1. The molecule has 0 spiro atoms. The number of hydrogen-bond acceptors (Lipinski definition) is 5.